The number of nitrogens with zero attached hydrogens (tertiary/aromatic N) is 3. The molecule has 2 aliphatic heterocycles. The summed E-state index contributed by atoms with van der Waals surface area (Å²) < 4.78 is 25.7. The number of halogens is 2. The first-order valence-corrected chi connectivity index (χ1v) is 9.94. The highest BCUT2D eigenvalue weighted by molar-refractivity contribution is 6.30. The smallest absolute Gasteiger partial charge is 0.159 e. The number of anilines is 1. The van der Waals surface area contributed by atoms with Crippen molar-refractivity contribution in [1.29, 1.82) is 5.26 Å². The second-order valence-corrected chi connectivity index (χ2v) is 8.03. The van der Waals surface area contributed by atoms with Crippen LogP contribution < -0.4 is 10.2 Å². The molecule has 8 heteroatoms. The fraction of sp³-hybridized carbons (Fsp3) is 0.429. The quantitative estimate of drug-likeness (QED) is 0.780. The molecule has 2 aromatic rings. The molecule has 4 rings (SSSR count). The molecule has 0 saturated carbocycles. The molecule has 0 amide bonds. The molecule has 0 bridgehead atoms. The maximum Gasteiger partial charge on any atom is 0.159 e. The lowest BCUT2D eigenvalue weighted by molar-refractivity contribution is -0.239. The Bertz CT molecular complexity index is 889. The average Bonchev–Trinajstić information content (AvgIpc) is 2.73. The van der Waals surface area contributed by atoms with Crippen molar-refractivity contribution >= 4 is 17.3 Å². The first-order chi connectivity index (χ1) is 14.1. The van der Waals surface area contributed by atoms with Crippen LogP contribution in [0.4, 0.5) is 10.1 Å². The highest BCUT2D eigenvalue weighted by atomic mass is 35.5. The van der Waals surface area contributed by atoms with Crippen LogP contribution in [0, 0.1) is 22.6 Å². The van der Waals surface area contributed by atoms with Crippen molar-refractivity contribution in [1.82, 2.24) is 10.3 Å². The van der Waals surface area contributed by atoms with Crippen molar-refractivity contribution in [3.05, 3.63) is 58.6 Å². The minimum Gasteiger partial charge on any atom is -0.366 e. The molecule has 1 N–H and O–H groups in total. The SMILES string of the molecule is N#Cc1ccc(N(CCC2OCC3(CNC3)CO2)Cc2ccc(Cl)c(F)c2)cn1. The standard InChI is InChI=1S/C21H22ClFN4O2/c22-18-4-1-15(7-19(18)23)10-27(17-3-2-16(8-24)26-9-17)6-5-20-28-13-21(14-29-20)11-25-12-21/h1-4,7,9,20,25H,5-6,10-14H2. The zero-order valence-electron chi connectivity index (χ0n) is 15.9. The van der Waals surface area contributed by atoms with Gasteiger partial charge >= 0.3 is 0 Å². The van der Waals surface area contributed by atoms with Crippen LogP contribution in [0.5, 0.6) is 0 Å². The van der Waals surface area contributed by atoms with E-state index in [2.05, 4.69) is 15.2 Å². The number of hydrogen-bond acceptors (Lipinski definition) is 6. The second kappa shape index (κ2) is 8.64. The van der Waals surface area contributed by atoms with E-state index in [0.29, 0.717) is 38.4 Å². The van der Waals surface area contributed by atoms with Gasteiger partial charge in [-0.25, -0.2) is 9.37 Å². The topological polar surface area (TPSA) is 70.4 Å². The van der Waals surface area contributed by atoms with E-state index < -0.39 is 5.82 Å². The Morgan fingerprint density at radius 2 is 2.07 bits per heavy atom. The molecule has 2 aliphatic rings. The van der Waals surface area contributed by atoms with Crippen LogP contribution in [0.3, 0.4) is 0 Å². The molecular weight excluding hydrogens is 395 g/mol. The first-order valence-electron chi connectivity index (χ1n) is 9.56. The number of ether oxygens (including phenoxy) is 2. The summed E-state index contributed by atoms with van der Waals surface area (Å²) in [6.45, 7) is 4.38. The Hall–Kier alpha value is -2.24. The summed E-state index contributed by atoms with van der Waals surface area (Å²) in [6.07, 6.45) is 2.05. The monoisotopic (exact) mass is 416 g/mol. The highest BCUT2D eigenvalue weighted by Crippen LogP contribution is 2.30. The van der Waals surface area contributed by atoms with Gasteiger partial charge < -0.3 is 19.7 Å². The van der Waals surface area contributed by atoms with Crippen LogP contribution in [-0.4, -0.2) is 44.1 Å². The molecule has 3 heterocycles. The summed E-state index contributed by atoms with van der Waals surface area (Å²) in [6, 6.07) is 10.3. The maximum absolute atomic E-state index is 13.9. The molecule has 0 unspecified atom stereocenters. The number of nitrogens with one attached hydrogen (secondary N) is 1. The molecule has 152 valence electrons. The van der Waals surface area contributed by atoms with Gasteiger partial charge in [0, 0.05) is 38.0 Å². The van der Waals surface area contributed by atoms with Gasteiger partial charge in [-0.05, 0) is 29.8 Å². The lowest BCUT2D eigenvalue weighted by atomic mass is 9.83. The Morgan fingerprint density at radius 1 is 1.28 bits per heavy atom. The van der Waals surface area contributed by atoms with Crippen LogP contribution in [0.15, 0.2) is 36.5 Å². The molecule has 1 aromatic heterocycles. The van der Waals surface area contributed by atoms with Gasteiger partial charge in [0.15, 0.2) is 6.29 Å². The van der Waals surface area contributed by atoms with E-state index in [1.54, 1.807) is 24.4 Å². The van der Waals surface area contributed by atoms with E-state index in [1.807, 2.05) is 12.1 Å². The highest BCUT2D eigenvalue weighted by Gasteiger charge is 2.41. The van der Waals surface area contributed by atoms with Gasteiger partial charge in [-0.3, -0.25) is 0 Å². The van der Waals surface area contributed by atoms with Gasteiger partial charge in [-0.15, -0.1) is 0 Å². The molecular formula is C21H22ClFN4O2. The van der Waals surface area contributed by atoms with E-state index in [1.165, 1.54) is 6.07 Å². The minimum atomic E-state index is -0.444. The lowest BCUT2D eigenvalue weighted by Crippen LogP contribution is -2.61. The zero-order valence-corrected chi connectivity index (χ0v) is 16.7. The third-order valence-electron chi connectivity index (χ3n) is 5.37. The zero-order chi connectivity index (χ0) is 20.3. The Kier molecular flexibility index (Phi) is 5.97. The minimum absolute atomic E-state index is 0.101. The Labute approximate surface area is 174 Å². The van der Waals surface area contributed by atoms with Crippen LogP contribution in [0.25, 0.3) is 0 Å². The molecule has 6 nitrogen and oxygen atoms in total. The molecule has 29 heavy (non-hydrogen) atoms. The van der Waals surface area contributed by atoms with Gasteiger partial charge in [-0.2, -0.15) is 5.26 Å². The Balaban J connectivity index is 1.43. The van der Waals surface area contributed by atoms with E-state index in [9.17, 15) is 4.39 Å². The average molecular weight is 417 g/mol. The number of benzene rings is 1. The molecule has 0 aliphatic carbocycles. The first kappa shape index (κ1) is 20.0. The van der Waals surface area contributed by atoms with Crippen molar-refractivity contribution in [3.63, 3.8) is 0 Å². The third-order valence-corrected chi connectivity index (χ3v) is 5.68. The van der Waals surface area contributed by atoms with E-state index >= 15 is 0 Å². The van der Waals surface area contributed by atoms with Gasteiger partial charge in [-0.1, -0.05) is 17.7 Å². The van der Waals surface area contributed by atoms with Crippen molar-refractivity contribution in [2.45, 2.75) is 19.3 Å². The summed E-state index contributed by atoms with van der Waals surface area (Å²) in [5, 5.41) is 12.3. The summed E-state index contributed by atoms with van der Waals surface area (Å²) in [7, 11) is 0. The predicted molar refractivity (Wildman–Crippen MR) is 107 cm³/mol. The summed E-state index contributed by atoms with van der Waals surface area (Å²) in [5.74, 6) is -0.444. The van der Waals surface area contributed by atoms with Gasteiger partial charge in [0.25, 0.3) is 0 Å². The predicted octanol–water partition coefficient (Wildman–Crippen LogP) is 3.10. The Morgan fingerprint density at radius 3 is 2.66 bits per heavy atom. The number of rotatable bonds is 6. The second-order valence-electron chi connectivity index (χ2n) is 7.63. The number of hydrogen-bond donors (Lipinski definition) is 1. The molecule has 0 radical (unpaired) electrons. The van der Waals surface area contributed by atoms with Crippen LogP contribution in [0.2, 0.25) is 5.02 Å². The number of aromatic nitrogens is 1. The van der Waals surface area contributed by atoms with Crippen molar-refractivity contribution in [3.8, 4) is 6.07 Å². The summed E-state index contributed by atoms with van der Waals surface area (Å²) in [5.41, 5.74) is 2.12. The van der Waals surface area contributed by atoms with E-state index in [0.717, 1.165) is 24.3 Å². The molecule has 1 spiro atoms. The van der Waals surface area contributed by atoms with E-state index in [-0.39, 0.29) is 16.7 Å². The lowest BCUT2D eigenvalue weighted by Gasteiger charge is -2.46. The maximum atomic E-state index is 13.9. The largest absolute Gasteiger partial charge is 0.366 e. The third kappa shape index (κ3) is 4.68. The number of nitriles is 1. The summed E-state index contributed by atoms with van der Waals surface area (Å²) in [4.78, 5) is 6.22. The van der Waals surface area contributed by atoms with Crippen LogP contribution >= 0.6 is 11.6 Å². The molecule has 0 atom stereocenters. The normalized spacial score (nSPS) is 18.2. The van der Waals surface area contributed by atoms with Gasteiger partial charge in [0.2, 0.25) is 0 Å². The van der Waals surface area contributed by atoms with Crippen molar-refractivity contribution in [2.24, 2.45) is 5.41 Å². The molecule has 2 fully saturated rings. The molecule has 1 aromatic carbocycles. The molecule has 2 saturated heterocycles. The summed E-state index contributed by atoms with van der Waals surface area (Å²) >= 11 is 5.80. The van der Waals surface area contributed by atoms with Gasteiger partial charge in [0.05, 0.1) is 30.1 Å². The van der Waals surface area contributed by atoms with Gasteiger partial charge in [0.1, 0.15) is 17.6 Å². The fourth-order valence-electron chi connectivity index (χ4n) is 3.54. The van der Waals surface area contributed by atoms with Crippen LogP contribution in [0.1, 0.15) is 17.7 Å². The number of pyridine rings is 1. The van der Waals surface area contributed by atoms with Crippen molar-refractivity contribution in [2.75, 3.05) is 37.7 Å². The van der Waals surface area contributed by atoms with E-state index in [4.69, 9.17) is 26.3 Å². The van der Waals surface area contributed by atoms with Crippen molar-refractivity contribution < 1.29 is 13.9 Å². The fourth-order valence-corrected chi connectivity index (χ4v) is 3.65. The van der Waals surface area contributed by atoms with Crippen LogP contribution in [-0.2, 0) is 16.0 Å².